The molecule has 0 aliphatic carbocycles. The average Bonchev–Trinajstić information content (AvgIpc) is 3.38. The Balaban J connectivity index is 1.50. The van der Waals surface area contributed by atoms with Gasteiger partial charge in [0.25, 0.3) is 0 Å². The van der Waals surface area contributed by atoms with Crippen LogP contribution in [0.5, 0.6) is 0 Å². The van der Waals surface area contributed by atoms with Crippen LogP contribution in [0.2, 0.25) is 0 Å². The molecule has 4 rings (SSSR count). The molecule has 0 saturated carbocycles. The number of benzene rings is 1. The molecule has 0 radical (unpaired) electrons. The number of nitrogens with one attached hydrogen (secondary N) is 1. The van der Waals surface area contributed by atoms with E-state index in [1.165, 1.54) is 11.0 Å². The zero-order chi connectivity index (χ0) is 18.8. The summed E-state index contributed by atoms with van der Waals surface area (Å²) in [5.41, 5.74) is 3.63. The van der Waals surface area contributed by atoms with Crippen molar-refractivity contribution in [2.24, 2.45) is 0 Å². The van der Waals surface area contributed by atoms with Crippen molar-refractivity contribution in [2.75, 3.05) is 11.4 Å². The van der Waals surface area contributed by atoms with Crippen molar-refractivity contribution in [3.63, 3.8) is 0 Å². The van der Waals surface area contributed by atoms with E-state index in [4.69, 9.17) is 9.94 Å². The highest BCUT2D eigenvalue weighted by Crippen LogP contribution is 2.26. The number of hydrogen-bond donors (Lipinski definition) is 2. The van der Waals surface area contributed by atoms with Gasteiger partial charge in [-0.2, -0.15) is 0 Å². The van der Waals surface area contributed by atoms with E-state index in [0.717, 1.165) is 5.56 Å². The van der Waals surface area contributed by atoms with E-state index < -0.39 is 11.9 Å². The molecule has 140 valence electrons. The molecule has 2 aromatic heterocycles. The number of rotatable bonds is 6. The Kier molecular flexibility index (Phi) is 4.57. The standard InChI is InChI=1S/C17H17FN6O3/c18-15-7-13(1-2-16(15)22-5-3-12(9-22)8-20-26)24-11-14(27-17(24)25)10-23-6-4-19-21-23/h1-7,9,14,20,26H,8,10-11H2/t14-/m0/s1. The molecule has 0 spiro atoms. The number of hydroxylamine groups is 1. The molecule has 1 aromatic carbocycles. The molecule has 1 saturated heterocycles. The van der Waals surface area contributed by atoms with Gasteiger partial charge in [0.15, 0.2) is 0 Å². The van der Waals surface area contributed by atoms with Gasteiger partial charge in [-0.15, -0.1) is 5.10 Å². The van der Waals surface area contributed by atoms with E-state index in [1.54, 1.807) is 52.2 Å². The molecule has 0 unspecified atom stereocenters. The Hall–Kier alpha value is -3.24. The van der Waals surface area contributed by atoms with Gasteiger partial charge in [-0.05, 0) is 29.8 Å². The Morgan fingerprint density at radius 3 is 2.96 bits per heavy atom. The maximum Gasteiger partial charge on any atom is 0.414 e. The molecular weight excluding hydrogens is 355 g/mol. The lowest BCUT2D eigenvalue weighted by Gasteiger charge is -2.14. The lowest BCUT2D eigenvalue weighted by Crippen LogP contribution is -2.26. The van der Waals surface area contributed by atoms with E-state index in [9.17, 15) is 9.18 Å². The minimum absolute atomic E-state index is 0.263. The molecule has 1 atom stereocenters. The van der Waals surface area contributed by atoms with Crippen LogP contribution in [-0.4, -0.2) is 43.5 Å². The summed E-state index contributed by atoms with van der Waals surface area (Å²) in [6.07, 6.45) is 5.72. The van der Waals surface area contributed by atoms with Gasteiger partial charge in [0.05, 0.1) is 30.7 Å². The van der Waals surface area contributed by atoms with Crippen LogP contribution >= 0.6 is 0 Å². The van der Waals surface area contributed by atoms with E-state index in [-0.39, 0.29) is 12.6 Å². The molecule has 3 heterocycles. The molecule has 1 aliphatic heterocycles. The summed E-state index contributed by atoms with van der Waals surface area (Å²) in [6.45, 7) is 0.945. The summed E-state index contributed by atoms with van der Waals surface area (Å²) >= 11 is 0. The van der Waals surface area contributed by atoms with Crippen LogP contribution in [-0.2, 0) is 17.8 Å². The lowest BCUT2D eigenvalue weighted by molar-refractivity contribution is 0.129. The number of ether oxygens (including phenoxy) is 1. The fourth-order valence-corrected chi connectivity index (χ4v) is 3.03. The Labute approximate surface area is 153 Å². The highest BCUT2D eigenvalue weighted by molar-refractivity contribution is 5.89. The zero-order valence-electron chi connectivity index (χ0n) is 14.2. The van der Waals surface area contributed by atoms with Gasteiger partial charge in [0.2, 0.25) is 0 Å². The van der Waals surface area contributed by atoms with Gasteiger partial charge in [-0.25, -0.2) is 19.3 Å². The first-order valence-electron chi connectivity index (χ1n) is 8.30. The molecule has 1 fully saturated rings. The maximum absolute atomic E-state index is 14.6. The van der Waals surface area contributed by atoms with Crippen molar-refractivity contribution < 1.29 is 19.1 Å². The van der Waals surface area contributed by atoms with Crippen LogP contribution in [0.1, 0.15) is 5.56 Å². The molecular formula is C17H17FN6O3. The quantitative estimate of drug-likeness (QED) is 0.640. The van der Waals surface area contributed by atoms with Crippen LogP contribution in [0.25, 0.3) is 5.69 Å². The first-order chi connectivity index (χ1) is 13.1. The van der Waals surface area contributed by atoms with Crippen molar-refractivity contribution in [1.29, 1.82) is 0 Å². The summed E-state index contributed by atoms with van der Waals surface area (Å²) in [6, 6.07) is 6.34. The van der Waals surface area contributed by atoms with Gasteiger partial charge in [0.1, 0.15) is 11.9 Å². The summed E-state index contributed by atoms with van der Waals surface area (Å²) in [5, 5.41) is 16.3. The number of nitrogens with zero attached hydrogens (tertiary/aromatic N) is 5. The SMILES string of the molecule is O=C1O[C@@H](Cn2ccnn2)CN1c1ccc(-n2ccc(CNO)c2)c(F)c1. The number of hydrogen-bond acceptors (Lipinski definition) is 6. The van der Waals surface area contributed by atoms with E-state index in [0.29, 0.717) is 24.5 Å². The topological polar surface area (TPSA) is 97.4 Å². The average molecular weight is 372 g/mol. The van der Waals surface area contributed by atoms with Crippen LogP contribution < -0.4 is 10.4 Å². The Bertz CT molecular complexity index is 942. The van der Waals surface area contributed by atoms with Crippen molar-refractivity contribution in [3.05, 3.63) is 60.4 Å². The van der Waals surface area contributed by atoms with Gasteiger partial charge in [-0.1, -0.05) is 5.21 Å². The smallest absolute Gasteiger partial charge is 0.414 e. The third-order valence-corrected chi connectivity index (χ3v) is 4.30. The number of cyclic esters (lactones) is 1. The zero-order valence-corrected chi connectivity index (χ0v) is 14.2. The number of anilines is 1. The largest absolute Gasteiger partial charge is 0.442 e. The minimum Gasteiger partial charge on any atom is -0.442 e. The number of aromatic nitrogens is 4. The van der Waals surface area contributed by atoms with Crippen molar-refractivity contribution in [1.82, 2.24) is 25.0 Å². The predicted octanol–water partition coefficient (Wildman–Crippen LogP) is 1.71. The van der Waals surface area contributed by atoms with Crippen molar-refractivity contribution >= 4 is 11.8 Å². The van der Waals surface area contributed by atoms with Gasteiger partial charge in [-0.3, -0.25) is 4.90 Å². The van der Waals surface area contributed by atoms with Crippen LogP contribution in [0, 0.1) is 5.82 Å². The second-order valence-corrected chi connectivity index (χ2v) is 6.14. The Morgan fingerprint density at radius 2 is 2.22 bits per heavy atom. The first-order valence-corrected chi connectivity index (χ1v) is 8.30. The summed E-state index contributed by atoms with van der Waals surface area (Å²) < 4.78 is 23.1. The lowest BCUT2D eigenvalue weighted by atomic mass is 10.2. The number of carbonyl (C=O) groups is 1. The fourth-order valence-electron chi connectivity index (χ4n) is 3.03. The van der Waals surface area contributed by atoms with Crippen LogP contribution in [0.3, 0.4) is 0 Å². The fraction of sp³-hybridized carbons (Fsp3) is 0.235. The highest BCUT2D eigenvalue weighted by atomic mass is 19.1. The molecule has 0 bridgehead atoms. The van der Waals surface area contributed by atoms with Crippen LogP contribution in [0.4, 0.5) is 14.9 Å². The second kappa shape index (κ2) is 7.17. The monoisotopic (exact) mass is 372 g/mol. The number of carbonyl (C=O) groups excluding carboxylic acids is 1. The van der Waals surface area contributed by atoms with E-state index in [1.807, 2.05) is 0 Å². The molecule has 3 aromatic rings. The summed E-state index contributed by atoms with van der Waals surface area (Å²) in [7, 11) is 0. The van der Waals surface area contributed by atoms with E-state index >= 15 is 0 Å². The summed E-state index contributed by atoms with van der Waals surface area (Å²) in [4.78, 5) is 13.5. The van der Waals surface area contributed by atoms with Gasteiger partial charge < -0.3 is 14.5 Å². The van der Waals surface area contributed by atoms with Crippen LogP contribution in [0.15, 0.2) is 49.1 Å². The minimum atomic E-state index is -0.524. The van der Waals surface area contributed by atoms with Gasteiger partial charge >= 0.3 is 6.09 Å². The first kappa shape index (κ1) is 17.2. The third kappa shape index (κ3) is 3.52. The third-order valence-electron chi connectivity index (χ3n) is 4.30. The highest BCUT2D eigenvalue weighted by Gasteiger charge is 2.33. The number of halogens is 1. The number of amides is 1. The van der Waals surface area contributed by atoms with Crippen molar-refractivity contribution in [2.45, 2.75) is 19.2 Å². The molecule has 9 nitrogen and oxygen atoms in total. The second-order valence-electron chi connectivity index (χ2n) is 6.14. The molecule has 2 N–H and O–H groups in total. The molecule has 1 amide bonds. The molecule has 1 aliphatic rings. The summed E-state index contributed by atoms with van der Waals surface area (Å²) in [5.74, 6) is -0.473. The molecule has 27 heavy (non-hydrogen) atoms. The Morgan fingerprint density at radius 1 is 1.33 bits per heavy atom. The predicted molar refractivity (Wildman–Crippen MR) is 92.0 cm³/mol. The van der Waals surface area contributed by atoms with E-state index in [2.05, 4.69) is 15.8 Å². The maximum atomic E-state index is 14.6. The normalized spacial score (nSPS) is 16.7. The van der Waals surface area contributed by atoms with Crippen molar-refractivity contribution in [3.8, 4) is 5.69 Å². The molecule has 10 heteroatoms. The van der Waals surface area contributed by atoms with Gasteiger partial charge in [0, 0.05) is 25.1 Å².